The van der Waals surface area contributed by atoms with Crippen LogP contribution in [0.3, 0.4) is 0 Å². The van der Waals surface area contributed by atoms with Crippen LogP contribution in [0.5, 0.6) is 0 Å². The Morgan fingerprint density at radius 1 is 1.50 bits per heavy atom. The molecule has 0 radical (unpaired) electrons. The number of nitrogens with zero attached hydrogens (tertiary/aromatic N) is 1. The minimum absolute atomic E-state index is 0.577. The number of hydrogen-bond donors (Lipinski definition) is 1. The van der Waals surface area contributed by atoms with Crippen LogP contribution in [0.4, 0.5) is 0 Å². The van der Waals surface area contributed by atoms with Crippen LogP contribution >= 0.6 is 11.3 Å². The maximum Gasteiger partial charge on any atom is 0.0481 e. The van der Waals surface area contributed by atoms with Crippen LogP contribution in [0, 0.1) is 13.8 Å². The van der Waals surface area contributed by atoms with Crippen molar-refractivity contribution < 1.29 is 0 Å². The summed E-state index contributed by atoms with van der Waals surface area (Å²) in [5.41, 5.74) is 1.52. The van der Waals surface area contributed by atoms with Crippen LogP contribution in [0.15, 0.2) is 6.07 Å². The van der Waals surface area contributed by atoms with E-state index in [1.54, 1.807) is 0 Å². The summed E-state index contributed by atoms with van der Waals surface area (Å²) in [7, 11) is 2.22. The van der Waals surface area contributed by atoms with Gasteiger partial charge < -0.3 is 5.32 Å². The van der Waals surface area contributed by atoms with Gasteiger partial charge in [0.05, 0.1) is 0 Å². The third kappa shape index (κ3) is 1.85. The molecule has 1 aromatic rings. The van der Waals surface area contributed by atoms with Crippen LogP contribution in [-0.2, 0) is 0 Å². The van der Waals surface area contributed by atoms with Crippen molar-refractivity contribution in [3.05, 3.63) is 21.4 Å². The number of thiophene rings is 1. The van der Waals surface area contributed by atoms with Gasteiger partial charge in [0.25, 0.3) is 0 Å². The minimum Gasteiger partial charge on any atom is -0.314 e. The summed E-state index contributed by atoms with van der Waals surface area (Å²) in [4.78, 5) is 5.35. The quantitative estimate of drug-likeness (QED) is 0.762. The molecule has 2 nitrogen and oxygen atoms in total. The molecular weight excluding hydrogens is 192 g/mol. The smallest absolute Gasteiger partial charge is 0.0481 e. The molecule has 1 aromatic heterocycles. The molecule has 1 unspecified atom stereocenters. The molecule has 0 bridgehead atoms. The summed E-state index contributed by atoms with van der Waals surface area (Å²) >= 11 is 1.91. The number of rotatable bonds is 1. The molecule has 3 heteroatoms. The second-order valence-corrected chi connectivity index (χ2v) is 5.53. The van der Waals surface area contributed by atoms with Gasteiger partial charge in [0, 0.05) is 35.4 Å². The first kappa shape index (κ1) is 10.1. The maximum atomic E-state index is 3.46. The highest BCUT2D eigenvalue weighted by atomic mass is 32.1. The van der Waals surface area contributed by atoms with Crippen molar-refractivity contribution in [1.29, 1.82) is 0 Å². The van der Waals surface area contributed by atoms with E-state index in [1.165, 1.54) is 15.3 Å². The first-order valence-corrected chi connectivity index (χ1v) is 5.98. The van der Waals surface area contributed by atoms with Crippen LogP contribution < -0.4 is 5.32 Å². The van der Waals surface area contributed by atoms with Crippen molar-refractivity contribution in [2.45, 2.75) is 19.9 Å². The second-order valence-electron chi connectivity index (χ2n) is 4.07. The molecule has 1 aliphatic rings. The van der Waals surface area contributed by atoms with Gasteiger partial charge in [-0.2, -0.15) is 0 Å². The van der Waals surface area contributed by atoms with E-state index >= 15 is 0 Å². The van der Waals surface area contributed by atoms with Crippen molar-refractivity contribution in [2.24, 2.45) is 0 Å². The zero-order valence-corrected chi connectivity index (χ0v) is 9.95. The molecule has 2 heterocycles. The van der Waals surface area contributed by atoms with Gasteiger partial charge in [-0.05, 0) is 32.5 Å². The Morgan fingerprint density at radius 3 is 2.86 bits per heavy atom. The highest BCUT2D eigenvalue weighted by Gasteiger charge is 2.22. The molecular formula is C11H18N2S. The molecule has 2 rings (SSSR count). The van der Waals surface area contributed by atoms with E-state index in [0.29, 0.717) is 6.04 Å². The highest BCUT2D eigenvalue weighted by Crippen LogP contribution is 2.29. The fourth-order valence-electron chi connectivity index (χ4n) is 2.13. The standard InChI is InChI=1S/C11H18N2S/c1-8-6-10(9(2)14-8)11-7-12-4-5-13(11)3/h6,11-12H,4-5,7H2,1-3H3. The topological polar surface area (TPSA) is 15.3 Å². The zero-order valence-electron chi connectivity index (χ0n) is 9.13. The monoisotopic (exact) mass is 210 g/mol. The molecule has 0 aromatic carbocycles. The van der Waals surface area contributed by atoms with E-state index in [1.807, 2.05) is 11.3 Å². The molecule has 0 aliphatic carbocycles. The van der Waals surface area contributed by atoms with Gasteiger partial charge in [-0.25, -0.2) is 0 Å². The summed E-state index contributed by atoms with van der Waals surface area (Å²) in [6.45, 7) is 7.79. The molecule has 0 spiro atoms. The lowest BCUT2D eigenvalue weighted by molar-refractivity contribution is 0.202. The van der Waals surface area contributed by atoms with E-state index in [2.05, 4.69) is 37.2 Å². The third-order valence-corrected chi connectivity index (χ3v) is 3.93. The van der Waals surface area contributed by atoms with Gasteiger partial charge in [0.1, 0.15) is 0 Å². The van der Waals surface area contributed by atoms with Crippen molar-refractivity contribution in [2.75, 3.05) is 26.7 Å². The van der Waals surface area contributed by atoms with Crippen molar-refractivity contribution >= 4 is 11.3 Å². The number of nitrogens with one attached hydrogen (secondary N) is 1. The van der Waals surface area contributed by atoms with Gasteiger partial charge in [-0.15, -0.1) is 11.3 Å². The first-order valence-electron chi connectivity index (χ1n) is 5.16. The van der Waals surface area contributed by atoms with Gasteiger partial charge in [0.15, 0.2) is 0 Å². The van der Waals surface area contributed by atoms with Gasteiger partial charge in [-0.3, -0.25) is 4.90 Å². The van der Waals surface area contributed by atoms with Crippen LogP contribution in [0.25, 0.3) is 0 Å². The summed E-state index contributed by atoms with van der Waals surface area (Å²) in [5, 5.41) is 3.46. The molecule has 14 heavy (non-hydrogen) atoms. The molecule has 1 atom stereocenters. The van der Waals surface area contributed by atoms with E-state index in [0.717, 1.165) is 19.6 Å². The van der Waals surface area contributed by atoms with Gasteiger partial charge in [0.2, 0.25) is 0 Å². The third-order valence-electron chi connectivity index (χ3n) is 2.95. The molecule has 1 aliphatic heterocycles. The van der Waals surface area contributed by atoms with E-state index in [4.69, 9.17) is 0 Å². The van der Waals surface area contributed by atoms with Crippen molar-refractivity contribution in [1.82, 2.24) is 10.2 Å². The molecule has 1 fully saturated rings. The molecule has 0 saturated carbocycles. The van der Waals surface area contributed by atoms with Crippen molar-refractivity contribution in [3.8, 4) is 0 Å². The largest absolute Gasteiger partial charge is 0.314 e. The Morgan fingerprint density at radius 2 is 2.29 bits per heavy atom. The van der Waals surface area contributed by atoms with Crippen LogP contribution in [0.2, 0.25) is 0 Å². The van der Waals surface area contributed by atoms with Gasteiger partial charge >= 0.3 is 0 Å². The lowest BCUT2D eigenvalue weighted by Gasteiger charge is -2.33. The maximum absolute atomic E-state index is 3.46. The predicted octanol–water partition coefficient (Wildman–Crippen LogP) is 1.94. The van der Waals surface area contributed by atoms with Gasteiger partial charge in [-0.1, -0.05) is 0 Å². The van der Waals surface area contributed by atoms with Crippen LogP contribution in [0.1, 0.15) is 21.4 Å². The average molecular weight is 210 g/mol. The van der Waals surface area contributed by atoms with E-state index in [9.17, 15) is 0 Å². The SMILES string of the molecule is Cc1cc(C2CNCCN2C)c(C)s1. The molecule has 78 valence electrons. The van der Waals surface area contributed by atoms with E-state index < -0.39 is 0 Å². The summed E-state index contributed by atoms with van der Waals surface area (Å²) in [6.07, 6.45) is 0. The second kappa shape index (κ2) is 4.01. The Labute approximate surface area is 89.9 Å². The Hall–Kier alpha value is -0.380. The highest BCUT2D eigenvalue weighted by molar-refractivity contribution is 7.12. The Bertz CT molecular complexity index is 319. The fourth-order valence-corrected chi connectivity index (χ4v) is 3.12. The van der Waals surface area contributed by atoms with Crippen LogP contribution in [-0.4, -0.2) is 31.6 Å². The first-order chi connectivity index (χ1) is 6.68. The predicted molar refractivity (Wildman–Crippen MR) is 62.0 cm³/mol. The number of aryl methyl sites for hydroxylation is 2. The Kier molecular flexibility index (Phi) is 2.91. The summed E-state index contributed by atoms with van der Waals surface area (Å²) in [5.74, 6) is 0. The number of piperazine rings is 1. The average Bonchev–Trinajstić information content (AvgIpc) is 2.46. The molecule has 0 amide bonds. The number of hydrogen-bond acceptors (Lipinski definition) is 3. The van der Waals surface area contributed by atoms with Crippen molar-refractivity contribution in [3.63, 3.8) is 0 Å². The lowest BCUT2D eigenvalue weighted by Crippen LogP contribution is -2.43. The summed E-state index contributed by atoms with van der Waals surface area (Å²) in [6, 6.07) is 2.92. The Balaban J connectivity index is 2.24. The fraction of sp³-hybridized carbons (Fsp3) is 0.636. The summed E-state index contributed by atoms with van der Waals surface area (Å²) < 4.78 is 0. The van der Waals surface area contributed by atoms with E-state index in [-0.39, 0.29) is 0 Å². The molecule has 1 saturated heterocycles. The normalized spacial score (nSPS) is 24.1. The molecule has 1 N–H and O–H groups in total. The number of likely N-dealkylation sites (N-methyl/N-ethyl adjacent to an activating group) is 1. The lowest BCUT2D eigenvalue weighted by atomic mass is 10.0. The minimum atomic E-state index is 0.577. The zero-order chi connectivity index (χ0) is 10.1.